The molecule has 1 atom stereocenters. The average Bonchev–Trinajstić information content (AvgIpc) is 2.21. The zero-order valence-corrected chi connectivity index (χ0v) is 12.4. The van der Waals surface area contributed by atoms with Crippen LogP contribution in [0.1, 0.15) is 33.6 Å². The zero-order valence-electron chi connectivity index (χ0n) is 11.6. The molecule has 5 nitrogen and oxygen atoms in total. The van der Waals surface area contributed by atoms with E-state index in [2.05, 4.69) is 5.32 Å². The molecule has 0 aromatic heterocycles. The van der Waals surface area contributed by atoms with Gasteiger partial charge in [0, 0.05) is 13.0 Å². The van der Waals surface area contributed by atoms with Gasteiger partial charge in [0.1, 0.15) is 11.6 Å². The molecule has 0 fully saturated rings. The van der Waals surface area contributed by atoms with Crippen molar-refractivity contribution >= 4 is 23.6 Å². The molecule has 0 aliphatic rings. The summed E-state index contributed by atoms with van der Waals surface area (Å²) in [6.45, 7) is 5.68. The summed E-state index contributed by atoms with van der Waals surface area (Å²) in [6, 6.07) is -0.587. The number of carbonyl (C=O) groups excluding carboxylic acids is 2. The molecular formula is C12H24N2O3S. The zero-order chi connectivity index (χ0) is 14.2. The standard InChI is InChI=1S/C12H24N2O3S/c1-12(2,3)17-11(16)9(6-8-18-4)14-10(15)5-7-13/h9H,5-8,13H2,1-4H3,(H,14,15)/t9-/m0/s1. The molecule has 0 aliphatic heterocycles. The van der Waals surface area contributed by atoms with Crippen molar-refractivity contribution in [2.24, 2.45) is 5.73 Å². The van der Waals surface area contributed by atoms with E-state index < -0.39 is 11.6 Å². The Morgan fingerprint density at radius 2 is 2.00 bits per heavy atom. The third-order valence-corrected chi connectivity index (χ3v) is 2.65. The molecule has 0 spiro atoms. The first-order valence-corrected chi connectivity index (χ1v) is 7.40. The van der Waals surface area contributed by atoms with E-state index in [1.165, 1.54) is 0 Å². The lowest BCUT2D eigenvalue weighted by molar-refractivity contribution is -0.158. The highest BCUT2D eigenvalue weighted by Gasteiger charge is 2.25. The highest BCUT2D eigenvalue weighted by Crippen LogP contribution is 2.11. The van der Waals surface area contributed by atoms with Gasteiger partial charge in [-0.05, 0) is 39.2 Å². The fourth-order valence-electron chi connectivity index (χ4n) is 1.26. The quantitative estimate of drug-likeness (QED) is 0.676. The molecule has 0 unspecified atom stereocenters. The summed E-state index contributed by atoms with van der Waals surface area (Å²) in [7, 11) is 0. The van der Waals surface area contributed by atoms with E-state index in [0.29, 0.717) is 6.42 Å². The van der Waals surface area contributed by atoms with Crippen LogP contribution in [0.4, 0.5) is 0 Å². The maximum atomic E-state index is 11.9. The van der Waals surface area contributed by atoms with E-state index in [9.17, 15) is 9.59 Å². The minimum Gasteiger partial charge on any atom is -0.458 e. The third-order valence-electron chi connectivity index (χ3n) is 2.01. The summed E-state index contributed by atoms with van der Waals surface area (Å²) in [4.78, 5) is 23.4. The predicted octanol–water partition coefficient (Wildman–Crippen LogP) is 0.915. The second kappa shape index (κ2) is 8.37. The molecule has 18 heavy (non-hydrogen) atoms. The van der Waals surface area contributed by atoms with Gasteiger partial charge in [-0.2, -0.15) is 11.8 Å². The molecule has 6 heteroatoms. The van der Waals surface area contributed by atoms with Crippen LogP contribution in [-0.4, -0.2) is 42.1 Å². The van der Waals surface area contributed by atoms with E-state index in [4.69, 9.17) is 10.5 Å². The topological polar surface area (TPSA) is 81.4 Å². The molecule has 0 aromatic carbocycles. The molecule has 0 aromatic rings. The van der Waals surface area contributed by atoms with E-state index >= 15 is 0 Å². The Labute approximate surface area is 113 Å². The van der Waals surface area contributed by atoms with Crippen LogP contribution < -0.4 is 11.1 Å². The van der Waals surface area contributed by atoms with E-state index in [1.54, 1.807) is 32.5 Å². The number of hydrogen-bond acceptors (Lipinski definition) is 5. The molecule has 3 N–H and O–H groups in total. The predicted molar refractivity (Wildman–Crippen MR) is 74.4 cm³/mol. The Morgan fingerprint density at radius 1 is 1.39 bits per heavy atom. The number of nitrogens with one attached hydrogen (secondary N) is 1. The maximum absolute atomic E-state index is 11.9. The number of hydrogen-bond donors (Lipinski definition) is 2. The molecule has 0 rings (SSSR count). The van der Waals surface area contributed by atoms with Crippen LogP contribution in [0.2, 0.25) is 0 Å². The van der Waals surface area contributed by atoms with Gasteiger partial charge < -0.3 is 15.8 Å². The number of ether oxygens (including phenoxy) is 1. The fourth-order valence-corrected chi connectivity index (χ4v) is 1.73. The SMILES string of the molecule is CSCC[C@H](NC(=O)CCN)C(=O)OC(C)(C)C. The molecule has 0 saturated carbocycles. The van der Waals surface area contributed by atoms with Crippen LogP contribution in [0.25, 0.3) is 0 Å². The van der Waals surface area contributed by atoms with Crippen LogP contribution in [0.15, 0.2) is 0 Å². The molecule has 1 amide bonds. The highest BCUT2D eigenvalue weighted by atomic mass is 32.2. The van der Waals surface area contributed by atoms with Gasteiger partial charge in [-0.1, -0.05) is 0 Å². The number of nitrogens with two attached hydrogens (primary N) is 1. The third kappa shape index (κ3) is 8.36. The van der Waals surface area contributed by atoms with Crippen molar-refractivity contribution in [3.8, 4) is 0 Å². The van der Waals surface area contributed by atoms with Gasteiger partial charge in [0.2, 0.25) is 5.91 Å². The van der Waals surface area contributed by atoms with Crippen LogP contribution in [0.3, 0.4) is 0 Å². The Bertz CT molecular complexity index is 277. The second-order valence-electron chi connectivity index (χ2n) is 4.97. The van der Waals surface area contributed by atoms with Crippen LogP contribution in [-0.2, 0) is 14.3 Å². The molecule has 106 valence electrons. The summed E-state index contributed by atoms with van der Waals surface area (Å²) < 4.78 is 5.28. The fraction of sp³-hybridized carbons (Fsp3) is 0.833. The normalized spacial score (nSPS) is 12.9. The van der Waals surface area contributed by atoms with Gasteiger partial charge in [0.05, 0.1) is 0 Å². The first kappa shape index (κ1) is 17.2. The lowest BCUT2D eigenvalue weighted by atomic mass is 10.1. The molecule has 0 aliphatic carbocycles. The first-order chi connectivity index (χ1) is 8.30. The van der Waals surface area contributed by atoms with Crippen molar-refractivity contribution in [3.63, 3.8) is 0 Å². The summed E-state index contributed by atoms with van der Waals surface area (Å²) in [5.74, 6) is 0.184. The first-order valence-electron chi connectivity index (χ1n) is 6.01. The Morgan fingerprint density at radius 3 is 2.44 bits per heavy atom. The largest absolute Gasteiger partial charge is 0.458 e. The van der Waals surface area contributed by atoms with Crippen molar-refractivity contribution < 1.29 is 14.3 Å². The van der Waals surface area contributed by atoms with E-state index in [-0.39, 0.29) is 24.8 Å². The number of rotatable bonds is 7. The van der Waals surface area contributed by atoms with Gasteiger partial charge >= 0.3 is 5.97 Å². The average molecular weight is 276 g/mol. The molecule has 0 heterocycles. The van der Waals surface area contributed by atoms with Crippen LogP contribution in [0, 0.1) is 0 Å². The number of amides is 1. The lowest BCUT2D eigenvalue weighted by Gasteiger charge is -2.24. The number of esters is 1. The minimum atomic E-state index is -0.587. The van der Waals surface area contributed by atoms with Gasteiger partial charge in [0.25, 0.3) is 0 Å². The van der Waals surface area contributed by atoms with Gasteiger partial charge in [0.15, 0.2) is 0 Å². The Kier molecular flexibility index (Phi) is 8.02. The van der Waals surface area contributed by atoms with Crippen molar-refractivity contribution in [1.82, 2.24) is 5.32 Å². The summed E-state index contributed by atoms with van der Waals surface area (Å²) >= 11 is 1.62. The van der Waals surface area contributed by atoms with Gasteiger partial charge in [-0.15, -0.1) is 0 Å². The summed E-state index contributed by atoms with van der Waals surface area (Å²) in [6.07, 6.45) is 2.73. The van der Waals surface area contributed by atoms with Crippen molar-refractivity contribution in [1.29, 1.82) is 0 Å². The van der Waals surface area contributed by atoms with E-state index in [1.807, 2.05) is 6.26 Å². The molecule has 0 bridgehead atoms. The van der Waals surface area contributed by atoms with Gasteiger partial charge in [-0.25, -0.2) is 4.79 Å². The van der Waals surface area contributed by atoms with Crippen molar-refractivity contribution in [2.45, 2.75) is 45.3 Å². The highest BCUT2D eigenvalue weighted by molar-refractivity contribution is 7.98. The number of thioether (sulfide) groups is 1. The summed E-state index contributed by atoms with van der Waals surface area (Å²) in [5.41, 5.74) is 4.75. The smallest absolute Gasteiger partial charge is 0.329 e. The molecular weight excluding hydrogens is 252 g/mol. The molecule has 0 saturated heterocycles. The van der Waals surface area contributed by atoms with Gasteiger partial charge in [-0.3, -0.25) is 4.79 Å². The van der Waals surface area contributed by atoms with Crippen molar-refractivity contribution in [3.05, 3.63) is 0 Å². The summed E-state index contributed by atoms with van der Waals surface area (Å²) in [5, 5.41) is 2.67. The lowest BCUT2D eigenvalue weighted by Crippen LogP contribution is -2.44. The maximum Gasteiger partial charge on any atom is 0.329 e. The molecule has 0 radical (unpaired) electrons. The minimum absolute atomic E-state index is 0.213. The second-order valence-corrected chi connectivity index (χ2v) is 5.96. The monoisotopic (exact) mass is 276 g/mol. The van der Waals surface area contributed by atoms with Crippen LogP contribution in [0.5, 0.6) is 0 Å². The van der Waals surface area contributed by atoms with Crippen molar-refractivity contribution in [2.75, 3.05) is 18.6 Å². The Hall–Kier alpha value is -0.750. The Balaban J connectivity index is 4.46. The number of carbonyl (C=O) groups is 2. The van der Waals surface area contributed by atoms with Crippen LogP contribution >= 0.6 is 11.8 Å². The van der Waals surface area contributed by atoms with E-state index in [0.717, 1.165) is 5.75 Å².